The highest BCUT2D eigenvalue weighted by Crippen LogP contribution is 2.62. The SMILES string of the molecule is [B][C@H]1C[C@@H](C)[C@]2(COP(C)(=S)SC2)O1. The second-order valence-electron chi connectivity index (χ2n) is 4.18. The van der Waals surface area contributed by atoms with E-state index in [1.54, 1.807) is 11.4 Å². The summed E-state index contributed by atoms with van der Waals surface area (Å²) in [6.45, 7) is 4.84. The standard InChI is InChI=1S/C8H14BO2PS2/c1-6-3-7(9)11-8(6)4-10-12(2,13)14-5-8/h6-7H,3-5H2,1-2H3/t6-,7-,8-,12?/m1/s1. The highest BCUT2D eigenvalue weighted by molar-refractivity contribution is 8.69. The van der Waals surface area contributed by atoms with Gasteiger partial charge in [-0.15, -0.1) is 0 Å². The van der Waals surface area contributed by atoms with Gasteiger partial charge in [-0.1, -0.05) is 30.1 Å². The van der Waals surface area contributed by atoms with Crippen LogP contribution in [0.3, 0.4) is 0 Å². The molecule has 0 aromatic carbocycles. The Balaban J connectivity index is 2.09. The second-order valence-corrected chi connectivity index (χ2v) is 12.2. The number of rotatable bonds is 0. The second kappa shape index (κ2) is 3.78. The third-order valence-corrected chi connectivity index (χ3v) is 8.02. The van der Waals surface area contributed by atoms with E-state index < -0.39 is 5.47 Å². The molecular formula is C8H14BO2PS2. The molecule has 0 bridgehead atoms. The van der Waals surface area contributed by atoms with Crippen LogP contribution in [0.1, 0.15) is 13.3 Å². The molecule has 2 nitrogen and oxygen atoms in total. The van der Waals surface area contributed by atoms with Crippen LogP contribution in [-0.4, -0.2) is 38.5 Å². The molecule has 0 N–H and O–H groups in total. The van der Waals surface area contributed by atoms with Crippen molar-refractivity contribution >= 4 is 36.5 Å². The maximum absolute atomic E-state index is 5.80. The van der Waals surface area contributed by atoms with Crippen LogP contribution < -0.4 is 0 Å². The molecule has 2 radical (unpaired) electrons. The Hall–Kier alpha value is 0.985. The smallest absolute Gasteiger partial charge is 0.116 e. The first kappa shape index (κ1) is 11.5. The van der Waals surface area contributed by atoms with Crippen molar-refractivity contribution in [2.24, 2.45) is 5.92 Å². The maximum atomic E-state index is 5.80. The fraction of sp³-hybridized carbons (Fsp3) is 1.00. The van der Waals surface area contributed by atoms with E-state index >= 15 is 0 Å². The van der Waals surface area contributed by atoms with Crippen molar-refractivity contribution in [1.29, 1.82) is 0 Å². The van der Waals surface area contributed by atoms with Crippen molar-refractivity contribution in [2.75, 3.05) is 19.0 Å². The first-order valence-electron chi connectivity index (χ1n) is 4.74. The summed E-state index contributed by atoms with van der Waals surface area (Å²) in [7, 11) is 5.79. The van der Waals surface area contributed by atoms with E-state index in [-0.39, 0.29) is 11.6 Å². The van der Waals surface area contributed by atoms with E-state index in [1.165, 1.54) is 0 Å². The minimum absolute atomic E-state index is 0.123. The minimum atomic E-state index is -1.58. The molecule has 1 unspecified atom stereocenters. The Morgan fingerprint density at radius 3 is 2.79 bits per heavy atom. The lowest BCUT2D eigenvalue weighted by Crippen LogP contribution is -2.44. The van der Waals surface area contributed by atoms with E-state index in [1.807, 2.05) is 6.66 Å². The topological polar surface area (TPSA) is 18.5 Å². The van der Waals surface area contributed by atoms with Crippen molar-refractivity contribution in [3.8, 4) is 0 Å². The summed E-state index contributed by atoms with van der Waals surface area (Å²) in [5.74, 6) is 1.41. The number of hydrogen-bond donors (Lipinski definition) is 0. The van der Waals surface area contributed by atoms with Crippen molar-refractivity contribution < 1.29 is 9.26 Å². The van der Waals surface area contributed by atoms with Gasteiger partial charge in [-0.25, -0.2) is 0 Å². The first-order valence-corrected chi connectivity index (χ1v) is 9.49. The van der Waals surface area contributed by atoms with Crippen molar-refractivity contribution in [3.63, 3.8) is 0 Å². The zero-order valence-electron chi connectivity index (χ0n) is 8.43. The Labute approximate surface area is 95.7 Å². The van der Waals surface area contributed by atoms with Gasteiger partial charge in [-0.3, -0.25) is 0 Å². The monoisotopic (exact) mass is 248 g/mol. The lowest BCUT2D eigenvalue weighted by molar-refractivity contribution is -0.0426. The molecule has 2 fully saturated rings. The van der Waals surface area contributed by atoms with Gasteiger partial charge in [0, 0.05) is 11.8 Å². The van der Waals surface area contributed by atoms with Crippen molar-refractivity contribution in [2.45, 2.75) is 24.9 Å². The molecule has 4 atom stereocenters. The maximum Gasteiger partial charge on any atom is 0.116 e. The summed E-state index contributed by atoms with van der Waals surface area (Å²) in [4.78, 5) is 0. The van der Waals surface area contributed by atoms with Crippen LogP contribution in [0.2, 0.25) is 0 Å². The summed E-state index contributed by atoms with van der Waals surface area (Å²) in [5, 5.41) is 0. The lowest BCUT2D eigenvalue weighted by Gasteiger charge is -2.39. The molecule has 2 heterocycles. The van der Waals surface area contributed by atoms with Crippen LogP contribution in [0.4, 0.5) is 0 Å². The molecule has 2 aliphatic heterocycles. The van der Waals surface area contributed by atoms with Crippen LogP contribution in [-0.2, 0) is 21.1 Å². The average Bonchev–Trinajstić information content (AvgIpc) is 2.35. The lowest BCUT2D eigenvalue weighted by atomic mass is 9.87. The fourth-order valence-corrected chi connectivity index (χ4v) is 5.70. The predicted octanol–water partition coefficient (Wildman–Crippen LogP) is 1.98. The molecule has 2 rings (SSSR count). The Bertz CT molecular complexity index is 275. The summed E-state index contributed by atoms with van der Waals surface area (Å²) in [6.07, 6.45) is 0.927. The van der Waals surface area contributed by atoms with Gasteiger partial charge in [-0.2, -0.15) is 0 Å². The van der Waals surface area contributed by atoms with Crippen molar-refractivity contribution in [1.82, 2.24) is 0 Å². The Morgan fingerprint density at radius 2 is 2.36 bits per heavy atom. The molecule has 0 amide bonds. The van der Waals surface area contributed by atoms with Crippen LogP contribution in [0, 0.1) is 5.92 Å². The molecular weight excluding hydrogens is 234 g/mol. The van der Waals surface area contributed by atoms with Gasteiger partial charge >= 0.3 is 0 Å². The van der Waals surface area contributed by atoms with Gasteiger partial charge in [0.1, 0.15) is 18.9 Å². The molecule has 0 aromatic heterocycles. The molecule has 2 saturated heterocycles. The normalized spacial score (nSPS) is 53.9. The van der Waals surface area contributed by atoms with Crippen LogP contribution in [0.25, 0.3) is 0 Å². The third kappa shape index (κ3) is 2.07. The summed E-state index contributed by atoms with van der Waals surface area (Å²) in [5.41, 5.74) is -1.75. The molecule has 78 valence electrons. The van der Waals surface area contributed by atoms with Gasteiger partial charge in [0.2, 0.25) is 0 Å². The fourth-order valence-electron chi connectivity index (χ4n) is 1.91. The minimum Gasteiger partial charge on any atom is -0.378 e. The highest BCUT2D eigenvalue weighted by atomic mass is 32.9. The van der Waals surface area contributed by atoms with E-state index in [4.69, 9.17) is 28.9 Å². The highest BCUT2D eigenvalue weighted by Gasteiger charge is 2.48. The largest absolute Gasteiger partial charge is 0.378 e. The quantitative estimate of drug-likeness (QED) is 0.481. The van der Waals surface area contributed by atoms with E-state index in [0.29, 0.717) is 12.5 Å². The van der Waals surface area contributed by atoms with Gasteiger partial charge < -0.3 is 9.26 Å². The molecule has 1 spiro atoms. The number of ether oxygens (including phenoxy) is 1. The van der Waals surface area contributed by atoms with E-state index in [0.717, 1.165) is 12.2 Å². The van der Waals surface area contributed by atoms with Crippen LogP contribution >= 0.6 is 16.8 Å². The molecule has 2 aliphatic rings. The zero-order valence-corrected chi connectivity index (χ0v) is 11.0. The Morgan fingerprint density at radius 1 is 1.64 bits per heavy atom. The molecule has 6 heteroatoms. The zero-order chi connectivity index (χ0) is 10.4. The van der Waals surface area contributed by atoms with Gasteiger partial charge in [0.25, 0.3) is 0 Å². The van der Waals surface area contributed by atoms with E-state index in [2.05, 4.69) is 6.92 Å². The van der Waals surface area contributed by atoms with Crippen molar-refractivity contribution in [3.05, 3.63) is 0 Å². The predicted molar refractivity (Wildman–Crippen MR) is 65.8 cm³/mol. The first-order chi connectivity index (χ1) is 6.44. The van der Waals surface area contributed by atoms with E-state index in [9.17, 15) is 0 Å². The molecule has 0 saturated carbocycles. The van der Waals surface area contributed by atoms with Gasteiger partial charge in [0.15, 0.2) is 0 Å². The van der Waals surface area contributed by atoms with Crippen LogP contribution in [0.15, 0.2) is 0 Å². The molecule has 0 aliphatic carbocycles. The molecule has 14 heavy (non-hydrogen) atoms. The van der Waals surface area contributed by atoms with Crippen LogP contribution in [0.5, 0.6) is 0 Å². The summed E-state index contributed by atoms with van der Waals surface area (Å²) < 4.78 is 11.5. The number of hydrogen-bond acceptors (Lipinski definition) is 4. The third-order valence-electron chi connectivity index (χ3n) is 2.96. The van der Waals surface area contributed by atoms with Gasteiger partial charge in [-0.05, 0) is 19.0 Å². The average molecular weight is 248 g/mol. The summed E-state index contributed by atoms with van der Waals surface area (Å²) in [6, 6.07) is -0.123. The molecule has 0 aromatic rings. The van der Waals surface area contributed by atoms with Gasteiger partial charge in [0.05, 0.1) is 6.61 Å². The Kier molecular flexibility index (Phi) is 3.09. The summed E-state index contributed by atoms with van der Waals surface area (Å²) >= 11 is 7.09.